The van der Waals surface area contributed by atoms with Gasteiger partial charge in [0.15, 0.2) is 0 Å². The number of aliphatic hydroxyl groups excluding tert-OH is 5. The molecule has 0 radical (unpaired) electrons. The first-order valence-corrected chi connectivity index (χ1v) is 7.53. The van der Waals surface area contributed by atoms with Crippen LogP contribution in [0.5, 0.6) is 5.75 Å². The molecule has 0 saturated carbocycles. The fraction of sp³-hybridized carbons (Fsp3) is 0.562. The van der Waals surface area contributed by atoms with E-state index in [9.17, 15) is 25.2 Å². The molecular formula is C16H24O8. The summed E-state index contributed by atoms with van der Waals surface area (Å²) < 4.78 is 10.3. The quantitative estimate of drug-likeness (QED) is 0.362. The summed E-state index contributed by atoms with van der Waals surface area (Å²) in [4.78, 5) is 11.9. The maximum absolute atomic E-state index is 11.9. The summed E-state index contributed by atoms with van der Waals surface area (Å²) in [6, 6.07) is 6.19. The smallest absolute Gasteiger partial charge is 0.338 e. The SMILES string of the molecule is CC(C)Oc1ccc(C(=O)OC[C@@H](O)[C@@H](O)[C@H](O)[C@@H](O)CO)cc1. The van der Waals surface area contributed by atoms with E-state index in [0.29, 0.717) is 5.75 Å². The van der Waals surface area contributed by atoms with Crippen LogP contribution in [0.2, 0.25) is 0 Å². The first-order valence-electron chi connectivity index (χ1n) is 7.53. The van der Waals surface area contributed by atoms with Crippen molar-refractivity contribution in [2.45, 2.75) is 44.4 Å². The number of hydrogen-bond donors (Lipinski definition) is 5. The van der Waals surface area contributed by atoms with Crippen molar-refractivity contribution in [3.63, 3.8) is 0 Å². The van der Waals surface area contributed by atoms with E-state index in [0.717, 1.165) is 0 Å². The molecular weight excluding hydrogens is 320 g/mol. The normalized spacial score (nSPS) is 16.3. The minimum atomic E-state index is -1.78. The largest absolute Gasteiger partial charge is 0.491 e. The highest BCUT2D eigenvalue weighted by molar-refractivity contribution is 5.89. The zero-order valence-corrected chi connectivity index (χ0v) is 13.6. The van der Waals surface area contributed by atoms with Gasteiger partial charge in [0.1, 0.15) is 36.8 Å². The molecule has 8 nitrogen and oxygen atoms in total. The second-order valence-corrected chi connectivity index (χ2v) is 5.59. The topological polar surface area (TPSA) is 137 Å². The van der Waals surface area contributed by atoms with Crippen LogP contribution < -0.4 is 4.74 Å². The monoisotopic (exact) mass is 344 g/mol. The molecule has 0 amide bonds. The Bertz CT molecular complexity index is 501. The van der Waals surface area contributed by atoms with Gasteiger partial charge in [-0.05, 0) is 38.1 Å². The third-order valence-corrected chi connectivity index (χ3v) is 3.17. The Labute approximate surface area is 139 Å². The first-order chi connectivity index (χ1) is 11.3. The Kier molecular flexibility index (Phi) is 8.09. The lowest BCUT2D eigenvalue weighted by Crippen LogP contribution is -2.47. The summed E-state index contributed by atoms with van der Waals surface area (Å²) in [6.07, 6.45) is -6.77. The zero-order chi connectivity index (χ0) is 18.3. The Morgan fingerprint density at radius 1 is 1.00 bits per heavy atom. The van der Waals surface area contributed by atoms with Gasteiger partial charge in [-0.15, -0.1) is 0 Å². The van der Waals surface area contributed by atoms with E-state index in [1.54, 1.807) is 12.1 Å². The molecule has 0 aliphatic rings. The summed E-state index contributed by atoms with van der Waals surface area (Å²) in [5.41, 5.74) is 0.226. The highest BCUT2D eigenvalue weighted by Gasteiger charge is 2.30. The molecule has 0 aromatic heterocycles. The average molecular weight is 344 g/mol. The van der Waals surface area contributed by atoms with Gasteiger partial charge in [-0.1, -0.05) is 0 Å². The van der Waals surface area contributed by atoms with Crippen molar-refractivity contribution < 1.29 is 39.8 Å². The Morgan fingerprint density at radius 3 is 2.04 bits per heavy atom. The molecule has 0 aliphatic heterocycles. The van der Waals surface area contributed by atoms with Crippen LogP contribution in [-0.2, 0) is 4.74 Å². The summed E-state index contributed by atoms with van der Waals surface area (Å²) in [7, 11) is 0. The van der Waals surface area contributed by atoms with Crippen molar-refractivity contribution >= 4 is 5.97 Å². The van der Waals surface area contributed by atoms with E-state index in [-0.39, 0.29) is 11.7 Å². The molecule has 0 unspecified atom stereocenters. The Hall–Kier alpha value is -1.71. The number of esters is 1. The van der Waals surface area contributed by atoms with Crippen LogP contribution in [0.1, 0.15) is 24.2 Å². The number of ether oxygens (including phenoxy) is 2. The van der Waals surface area contributed by atoms with Gasteiger partial charge in [-0.25, -0.2) is 4.79 Å². The molecule has 0 fully saturated rings. The molecule has 0 spiro atoms. The molecule has 1 aromatic carbocycles. The van der Waals surface area contributed by atoms with Gasteiger partial charge in [0.25, 0.3) is 0 Å². The highest BCUT2D eigenvalue weighted by Crippen LogP contribution is 2.15. The molecule has 0 heterocycles. The van der Waals surface area contributed by atoms with E-state index in [2.05, 4.69) is 0 Å². The lowest BCUT2D eigenvalue weighted by molar-refractivity contribution is -0.124. The molecule has 24 heavy (non-hydrogen) atoms. The predicted octanol–water partition coefficient (Wildman–Crippen LogP) is -0.934. The third kappa shape index (κ3) is 6.06. The molecule has 0 bridgehead atoms. The van der Waals surface area contributed by atoms with Crippen molar-refractivity contribution in [3.05, 3.63) is 29.8 Å². The molecule has 0 aliphatic carbocycles. The van der Waals surface area contributed by atoms with Crippen molar-refractivity contribution in [2.24, 2.45) is 0 Å². The maximum atomic E-state index is 11.9. The fourth-order valence-electron chi connectivity index (χ4n) is 1.85. The van der Waals surface area contributed by atoms with Crippen LogP contribution in [0, 0.1) is 0 Å². The zero-order valence-electron chi connectivity index (χ0n) is 13.6. The van der Waals surface area contributed by atoms with E-state index in [4.69, 9.17) is 14.6 Å². The number of hydrogen-bond acceptors (Lipinski definition) is 8. The van der Waals surface area contributed by atoms with Gasteiger partial charge in [0.05, 0.1) is 18.3 Å². The van der Waals surface area contributed by atoms with E-state index < -0.39 is 43.6 Å². The average Bonchev–Trinajstić information content (AvgIpc) is 2.57. The standard InChI is InChI=1S/C16H24O8/c1-9(2)24-11-5-3-10(4-6-11)16(22)23-8-13(19)15(21)14(20)12(18)7-17/h3-6,9,12-15,17-21H,7-8H2,1-2H3/t12-,13+,14+,15+/m0/s1. The highest BCUT2D eigenvalue weighted by atomic mass is 16.5. The van der Waals surface area contributed by atoms with Crippen LogP contribution in [0.4, 0.5) is 0 Å². The second kappa shape index (κ2) is 9.55. The summed E-state index contributed by atoms with van der Waals surface area (Å²) in [5, 5.41) is 46.6. The third-order valence-electron chi connectivity index (χ3n) is 3.17. The number of benzene rings is 1. The van der Waals surface area contributed by atoms with Gasteiger partial charge in [-0.3, -0.25) is 0 Å². The van der Waals surface area contributed by atoms with Gasteiger partial charge in [-0.2, -0.15) is 0 Å². The summed E-state index contributed by atoms with van der Waals surface area (Å²) in [5.74, 6) is -0.132. The fourth-order valence-corrected chi connectivity index (χ4v) is 1.85. The van der Waals surface area contributed by atoms with Crippen LogP contribution >= 0.6 is 0 Å². The minimum absolute atomic E-state index is 0.000125. The van der Waals surface area contributed by atoms with Crippen LogP contribution in [0.15, 0.2) is 24.3 Å². The molecule has 1 rings (SSSR count). The maximum Gasteiger partial charge on any atom is 0.338 e. The van der Waals surface area contributed by atoms with Gasteiger partial charge in [0, 0.05) is 0 Å². The van der Waals surface area contributed by atoms with E-state index in [1.165, 1.54) is 12.1 Å². The Balaban J connectivity index is 2.53. The number of aliphatic hydroxyl groups is 5. The molecule has 0 saturated heterocycles. The number of rotatable bonds is 9. The van der Waals surface area contributed by atoms with Crippen molar-refractivity contribution in [1.29, 1.82) is 0 Å². The number of carbonyl (C=O) groups excluding carboxylic acids is 1. The van der Waals surface area contributed by atoms with Gasteiger partial charge in [0.2, 0.25) is 0 Å². The molecule has 4 atom stereocenters. The van der Waals surface area contributed by atoms with Crippen LogP contribution in [-0.4, -0.2) is 75.2 Å². The lowest BCUT2D eigenvalue weighted by Gasteiger charge is -2.25. The molecule has 136 valence electrons. The first kappa shape index (κ1) is 20.3. The molecule has 1 aromatic rings. The summed E-state index contributed by atoms with van der Waals surface area (Å²) in [6.45, 7) is 2.38. The van der Waals surface area contributed by atoms with Crippen LogP contribution in [0.3, 0.4) is 0 Å². The molecule has 8 heteroatoms. The summed E-state index contributed by atoms with van der Waals surface area (Å²) >= 11 is 0. The van der Waals surface area contributed by atoms with Gasteiger partial charge >= 0.3 is 5.97 Å². The van der Waals surface area contributed by atoms with Crippen molar-refractivity contribution in [2.75, 3.05) is 13.2 Å². The lowest BCUT2D eigenvalue weighted by atomic mass is 10.0. The van der Waals surface area contributed by atoms with Crippen LogP contribution in [0.25, 0.3) is 0 Å². The second-order valence-electron chi connectivity index (χ2n) is 5.59. The molecule has 5 N–H and O–H groups in total. The van der Waals surface area contributed by atoms with E-state index in [1.807, 2.05) is 13.8 Å². The number of carbonyl (C=O) groups is 1. The van der Waals surface area contributed by atoms with Crippen molar-refractivity contribution in [1.82, 2.24) is 0 Å². The van der Waals surface area contributed by atoms with Gasteiger partial charge < -0.3 is 35.0 Å². The van der Waals surface area contributed by atoms with Crippen molar-refractivity contribution in [3.8, 4) is 5.75 Å². The van der Waals surface area contributed by atoms with E-state index >= 15 is 0 Å². The predicted molar refractivity (Wildman–Crippen MR) is 83.6 cm³/mol. The Morgan fingerprint density at radius 2 is 1.54 bits per heavy atom. The minimum Gasteiger partial charge on any atom is -0.491 e.